The SMILES string of the molecule is Cn1nnnc1-c1cccnc1I. The molecular formula is C7H6IN5. The van der Waals surface area contributed by atoms with E-state index in [2.05, 4.69) is 43.1 Å². The number of halogens is 1. The van der Waals surface area contributed by atoms with E-state index in [-0.39, 0.29) is 0 Å². The molecule has 0 aromatic carbocycles. The van der Waals surface area contributed by atoms with Gasteiger partial charge in [-0.1, -0.05) is 0 Å². The van der Waals surface area contributed by atoms with Crippen LogP contribution in [0.2, 0.25) is 0 Å². The van der Waals surface area contributed by atoms with Gasteiger partial charge in [-0.25, -0.2) is 9.67 Å². The lowest BCUT2D eigenvalue weighted by Gasteiger charge is -1.99. The summed E-state index contributed by atoms with van der Waals surface area (Å²) in [5.41, 5.74) is 0.954. The summed E-state index contributed by atoms with van der Waals surface area (Å²) in [6.45, 7) is 0. The minimum absolute atomic E-state index is 0.734. The first-order chi connectivity index (χ1) is 6.29. The Hall–Kier alpha value is -1.05. The van der Waals surface area contributed by atoms with Crippen LogP contribution < -0.4 is 0 Å². The number of rotatable bonds is 1. The van der Waals surface area contributed by atoms with E-state index in [1.807, 2.05) is 12.1 Å². The molecular weight excluding hydrogens is 281 g/mol. The highest BCUT2D eigenvalue weighted by Crippen LogP contribution is 2.19. The Morgan fingerprint density at radius 1 is 1.46 bits per heavy atom. The Kier molecular flexibility index (Phi) is 2.21. The molecule has 0 saturated carbocycles. The summed E-state index contributed by atoms with van der Waals surface area (Å²) in [6, 6.07) is 3.81. The van der Waals surface area contributed by atoms with Crippen molar-refractivity contribution in [2.45, 2.75) is 0 Å². The maximum atomic E-state index is 4.15. The van der Waals surface area contributed by atoms with E-state index in [4.69, 9.17) is 0 Å². The number of hydrogen-bond donors (Lipinski definition) is 0. The molecule has 0 unspecified atom stereocenters. The standard InChI is InChI=1S/C7H6IN5/c1-13-7(10-11-12-13)5-3-2-4-9-6(5)8/h2-4H,1H3. The maximum absolute atomic E-state index is 4.15. The van der Waals surface area contributed by atoms with Crippen LogP contribution in [0.25, 0.3) is 11.4 Å². The topological polar surface area (TPSA) is 56.5 Å². The Morgan fingerprint density at radius 3 is 2.92 bits per heavy atom. The van der Waals surface area contributed by atoms with Crippen molar-refractivity contribution in [1.29, 1.82) is 0 Å². The van der Waals surface area contributed by atoms with Crippen LogP contribution in [0, 0.1) is 3.70 Å². The van der Waals surface area contributed by atoms with Crippen LogP contribution >= 0.6 is 22.6 Å². The molecule has 6 heteroatoms. The van der Waals surface area contributed by atoms with Crippen LogP contribution in [-0.2, 0) is 7.05 Å². The molecule has 0 bridgehead atoms. The summed E-state index contributed by atoms with van der Waals surface area (Å²) in [7, 11) is 1.80. The van der Waals surface area contributed by atoms with Crippen molar-refractivity contribution in [3.05, 3.63) is 22.0 Å². The number of tetrazole rings is 1. The van der Waals surface area contributed by atoms with Gasteiger partial charge in [-0.05, 0) is 45.2 Å². The second-order valence-corrected chi connectivity index (χ2v) is 3.49. The summed E-state index contributed by atoms with van der Waals surface area (Å²) < 4.78 is 2.53. The predicted octanol–water partition coefficient (Wildman–Crippen LogP) is 0.877. The largest absolute Gasteiger partial charge is 0.250 e. The molecule has 2 aromatic rings. The molecule has 0 aliphatic heterocycles. The molecule has 2 rings (SSSR count). The third kappa shape index (κ3) is 1.53. The lowest BCUT2D eigenvalue weighted by Crippen LogP contribution is -1.96. The lowest BCUT2D eigenvalue weighted by molar-refractivity contribution is 0.714. The van der Waals surface area contributed by atoms with Gasteiger partial charge in [-0.2, -0.15) is 0 Å². The van der Waals surface area contributed by atoms with Crippen LogP contribution in [0.3, 0.4) is 0 Å². The molecule has 0 fully saturated rings. The van der Waals surface area contributed by atoms with Crippen LogP contribution in [0.15, 0.2) is 18.3 Å². The molecule has 0 N–H and O–H groups in total. The number of pyridine rings is 1. The number of hydrogen-bond acceptors (Lipinski definition) is 4. The van der Waals surface area contributed by atoms with Crippen molar-refractivity contribution in [2.75, 3.05) is 0 Å². The Morgan fingerprint density at radius 2 is 2.31 bits per heavy atom. The second kappa shape index (κ2) is 3.36. The molecule has 0 atom stereocenters. The fourth-order valence-corrected chi connectivity index (χ4v) is 1.59. The van der Waals surface area contributed by atoms with Gasteiger partial charge in [0, 0.05) is 13.2 Å². The molecule has 0 spiro atoms. The third-order valence-electron chi connectivity index (χ3n) is 1.62. The summed E-state index contributed by atoms with van der Waals surface area (Å²) in [4.78, 5) is 4.15. The minimum atomic E-state index is 0.734. The average molecular weight is 287 g/mol. The van der Waals surface area contributed by atoms with E-state index in [9.17, 15) is 0 Å². The number of nitrogens with zero attached hydrogens (tertiary/aromatic N) is 5. The van der Waals surface area contributed by atoms with Crippen LogP contribution in [-0.4, -0.2) is 25.2 Å². The molecule has 0 saturated heterocycles. The molecule has 2 aromatic heterocycles. The lowest BCUT2D eigenvalue weighted by atomic mass is 10.3. The van der Waals surface area contributed by atoms with Gasteiger partial charge in [0.25, 0.3) is 0 Å². The average Bonchev–Trinajstić information content (AvgIpc) is 2.52. The van der Waals surface area contributed by atoms with E-state index < -0.39 is 0 Å². The fourth-order valence-electron chi connectivity index (χ4n) is 1.01. The number of aromatic nitrogens is 5. The predicted molar refractivity (Wildman–Crippen MR) is 54.7 cm³/mol. The highest BCUT2D eigenvalue weighted by molar-refractivity contribution is 14.1. The van der Waals surface area contributed by atoms with Crippen LogP contribution in [0.5, 0.6) is 0 Å². The van der Waals surface area contributed by atoms with Gasteiger partial charge in [-0.3, -0.25) is 0 Å². The van der Waals surface area contributed by atoms with Gasteiger partial charge in [0.1, 0.15) is 3.70 Å². The van der Waals surface area contributed by atoms with Crippen LogP contribution in [0.4, 0.5) is 0 Å². The molecule has 66 valence electrons. The van der Waals surface area contributed by atoms with E-state index in [0.717, 1.165) is 15.1 Å². The Balaban J connectivity index is 2.59. The van der Waals surface area contributed by atoms with E-state index in [0.29, 0.717) is 0 Å². The van der Waals surface area contributed by atoms with Gasteiger partial charge in [0.2, 0.25) is 0 Å². The molecule has 13 heavy (non-hydrogen) atoms. The van der Waals surface area contributed by atoms with Gasteiger partial charge < -0.3 is 0 Å². The van der Waals surface area contributed by atoms with Crippen molar-refractivity contribution < 1.29 is 0 Å². The Labute approximate surface area is 88.3 Å². The fraction of sp³-hybridized carbons (Fsp3) is 0.143. The zero-order valence-electron chi connectivity index (χ0n) is 6.85. The first-order valence-electron chi connectivity index (χ1n) is 3.62. The van der Waals surface area contributed by atoms with Crippen molar-refractivity contribution in [3.63, 3.8) is 0 Å². The second-order valence-electron chi connectivity index (χ2n) is 2.47. The van der Waals surface area contributed by atoms with E-state index in [1.54, 1.807) is 17.9 Å². The van der Waals surface area contributed by atoms with Gasteiger partial charge in [0.05, 0.1) is 5.56 Å². The molecule has 0 radical (unpaired) electrons. The molecule has 2 heterocycles. The highest BCUT2D eigenvalue weighted by atomic mass is 127. The van der Waals surface area contributed by atoms with E-state index >= 15 is 0 Å². The number of aryl methyl sites for hydroxylation is 1. The molecule has 0 aliphatic rings. The first-order valence-corrected chi connectivity index (χ1v) is 4.70. The summed E-state index contributed by atoms with van der Waals surface area (Å²) in [5.74, 6) is 0.734. The smallest absolute Gasteiger partial charge is 0.184 e. The third-order valence-corrected chi connectivity index (χ3v) is 2.48. The quantitative estimate of drug-likeness (QED) is 0.577. The highest BCUT2D eigenvalue weighted by Gasteiger charge is 2.08. The van der Waals surface area contributed by atoms with Gasteiger partial charge in [-0.15, -0.1) is 5.10 Å². The maximum Gasteiger partial charge on any atom is 0.184 e. The Bertz CT molecular complexity index is 424. The normalized spacial score (nSPS) is 10.3. The zero-order chi connectivity index (χ0) is 9.26. The van der Waals surface area contributed by atoms with Crippen molar-refractivity contribution in [3.8, 4) is 11.4 Å². The van der Waals surface area contributed by atoms with Gasteiger partial charge in [0.15, 0.2) is 5.82 Å². The summed E-state index contributed by atoms with van der Waals surface area (Å²) >= 11 is 2.16. The van der Waals surface area contributed by atoms with Crippen LogP contribution in [0.1, 0.15) is 0 Å². The van der Waals surface area contributed by atoms with Crippen molar-refractivity contribution >= 4 is 22.6 Å². The molecule has 5 nitrogen and oxygen atoms in total. The van der Waals surface area contributed by atoms with Crippen molar-refractivity contribution in [1.82, 2.24) is 25.2 Å². The molecule has 0 amide bonds. The van der Waals surface area contributed by atoms with Crippen molar-refractivity contribution in [2.24, 2.45) is 7.05 Å². The molecule has 0 aliphatic carbocycles. The summed E-state index contributed by atoms with van der Waals surface area (Å²) in [5, 5.41) is 11.2. The monoisotopic (exact) mass is 287 g/mol. The van der Waals surface area contributed by atoms with E-state index in [1.165, 1.54) is 0 Å². The minimum Gasteiger partial charge on any atom is -0.250 e. The summed E-state index contributed by atoms with van der Waals surface area (Å²) in [6.07, 6.45) is 1.75. The first kappa shape index (κ1) is 8.54. The van der Waals surface area contributed by atoms with Gasteiger partial charge >= 0.3 is 0 Å². The zero-order valence-corrected chi connectivity index (χ0v) is 9.00.